The average molecular weight is 213 g/mol. The van der Waals surface area contributed by atoms with E-state index in [1.807, 2.05) is 6.92 Å². The molecule has 0 fully saturated rings. The molecule has 0 radical (unpaired) electrons. The molecule has 0 saturated carbocycles. The Bertz CT molecular complexity index is 394. The zero-order valence-corrected chi connectivity index (χ0v) is 7.38. The maximum Gasteiger partial charge on any atom is 0.197 e. The van der Waals surface area contributed by atoms with Crippen LogP contribution in [0.3, 0.4) is 0 Å². The summed E-state index contributed by atoms with van der Waals surface area (Å²) >= 11 is 3.19. The molecule has 0 aliphatic carbocycles. The van der Waals surface area contributed by atoms with Crippen LogP contribution in [0.2, 0.25) is 0 Å². The van der Waals surface area contributed by atoms with Crippen molar-refractivity contribution in [3.8, 4) is 0 Å². The molecule has 11 heavy (non-hydrogen) atoms. The number of H-pyrrole nitrogens is 1. The first kappa shape index (κ1) is 6.72. The summed E-state index contributed by atoms with van der Waals surface area (Å²) in [5.41, 5.74) is 2.63. The molecule has 4 nitrogen and oxygen atoms in total. The molecule has 0 unspecified atom stereocenters. The normalized spacial score (nSPS) is 10.7. The van der Waals surface area contributed by atoms with Crippen LogP contribution in [0.5, 0.6) is 0 Å². The van der Waals surface area contributed by atoms with Crippen molar-refractivity contribution in [2.45, 2.75) is 6.92 Å². The van der Waals surface area contributed by atoms with E-state index in [1.165, 1.54) is 0 Å². The van der Waals surface area contributed by atoms with Crippen molar-refractivity contribution < 1.29 is 0 Å². The van der Waals surface area contributed by atoms with Crippen molar-refractivity contribution in [2.75, 3.05) is 0 Å². The number of fused-ring (bicyclic) bond motifs is 1. The lowest BCUT2D eigenvalue weighted by Crippen LogP contribution is -1.82. The Labute approximate surface area is 71.2 Å². The zero-order chi connectivity index (χ0) is 7.84. The summed E-state index contributed by atoms with van der Waals surface area (Å²) < 4.78 is 0.592. The van der Waals surface area contributed by atoms with Crippen LogP contribution < -0.4 is 0 Å². The van der Waals surface area contributed by atoms with Crippen LogP contribution in [0.15, 0.2) is 10.9 Å². The highest BCUT2D eigenvalue weighted by molar-refractivity contribution is 9.10. The van der Waals surface area contributed by atoms with Gasteiger partial charge in [-0.3, -0.25) is 5.10 Å². The second-order valence-electron chi connectivity index (χ2n) is 2.22. The van der Waals surface area contributed by atoms with E-state index < -0.39 is 0 Å². The van der Waals surface area contributed by atoms with Crippen molar-refractivity contribution in [3.05, 3.63) is 16.6 Å². The van der Waals surface area contributed by atoms with E-state index >= 15 is 0 Å². The lowest BCUT2D eigenvalue weighted by Gasteiger charge is -1.88. The summed E-state index contributed by atoms with van der Waals surface area (Å²) in [5.74, 6) is 0. The average Bonchev–Trinajstić information content (AvgIpc) is 2.33. The summed E-state index contributed by atoms with van der Waals surface area (Å²) in [6.07, 6.45) is 1.68. The molecule has 0 aromatic carbocycles. The SMILES string of the molecule is Cc1[nH]nc2cnc(Br)nc12. The van der Waals surface area contributed by atoms with E-state index in [-0.39, 0.29) is 0 Å². The van der Waals surface area contributed by atoms with Gasteiger partial charge in [-0.1, -0.05) is 0 Å². The largest absolute Gasteiger partial charge is 0.280 e. The van der Waals surface area contributed by atoms with E-state index in [4.69, 9.17) is 0 Å². The lowest BCUT2D eigenvalue weighted by molar-refractivity contribution is 1.07. The molecule has 2 rings (SSSR count). The Morgan fingerprint density at radius 1 is 1.55 bits per heavy atom. The molecule has 5 heteroatoms. The minimum absolute atomic E-state index is 0.592. The molecule has 2 aromatic heterocycles. The van der Waals surface area contributed by atoms with Gasteiger partial charge in [-0.25, -0.2) is 9.97 Å². The Morgan fingerprint density at radius 2 is 2.36 bits per heavy atom. The van der Waals surface area contributed by atoms with Crippen LogP contribution in [-0.4, -0.2) is 20.2 Å². The fourth-order valence-corrected chi connectivity index (χ4v) is 1.19. The van der Waals surface area contributed by atoms with Crippen LogP contribution in [-0.2, 0) is 0 Å². The highest BCUT2D eigenvalue weighted by Crippen LogP contribution is 2.12. The van der Waals surface area contributed by atoms with Gasteiger partial charge in [-0.2, -0.15) is 5.10 Å². The second kappa shape index (κ2) is 2.27. The molecular formula is C6H5BrN4. The van der Waals surface area contributed by atoms with Gasteiger partial charge in [0.15, 0.2) is 4.73 Å². The van der Waals surface area contributed by atoms with Crippen LogP contribution in [0.4, 0.5) is 0 Å². The van der Waals surface area contributed by atoms with E-state index in [1.54, 1.807) is 6.20 Å². The quantitative estimate of drug-likeness (QED) is 0.673. The van der Waals surface area contributed by atoms with E-state index in [9.17, 15) is 0 Å². The van der Waals surface area contributed by atoms with Gasteiger partial charge < -0.3 is 0 Å². The maximum atomic E-state index is 4.15. The van der Waals surface area contributed by atoms with Crippen LogP contribution in [0.1, 0.15) is 5.69 Å². The smallest absolute Gasteiger partial charge is 0.197 e. The molecule has 0 amide bonds. The molecule has 0 saturated heterocycles. The summed E-state index contributed by atoms with van der Waals surface area (Å²) in [4.78, 5) is 8.09. The topological polar surface area (TPSA) is 54.5 Å². The van der Waals surface area contributed by atoms with Gasteiger partial charge in [-0.15, -0.1) is 0 Å². The van der Waals surface area contributed by atoms with Crippen molar-refractivity contribution in [3.63, 3.8) is 0 Å². The van der Waals surface area contributed by atoms with Gasteiger partial charge in [0, 0.05) is 0 Å². The minimum atomic E-state index is 0.592. The van der Waals surface area contributed by atoms with Crippen molar-refractivity contribution in [2.24, 2.45) is 0 Å². The summed E-state index contributed by atoms with van der Waals surface area (Å²) in [5, 5.41) is 6.82. The predicted molar refractivity (Wildman–Crippen MR) is 44.1 cm³/mol. The van der Waals surface area contributed by atoms with Crippen molar-refractivity contribution in [1.29, 1.82) is 0 Å². The number of aromatic nitrogens is 4. The standard InChI is InChI=1S/C6H5BrN4/c1-3-5-4(11-10-3)2-8-6(7)9-5/h2H,1H3,(H,10,11). The molecule has 56 valence electrons. The molecule has 1 N–H and O–H groups in total. The number of hydrogen-bond donors (Lipinski definition) is 1. The Kier molecular flexibility index (Phi) is 1.38. The molecule has 2 aromatic rings. The number of nitrogens with zero attached hydrogens (tertiary/aromatic N) is 3. The van der Waals surface area contributed by atoms with Gasteiger partial charge in [-0.05, 0) is 22.9 Å². The Morgan fingerprint density at radius 3 is 3.18 bits per heavy atom. The van der Waals surface area contributed by atoms with Crippen LogP contribution in [0, 0.1) is 6.92 Å². The molecular weight excluding hydrogens is 208 g/mol. The fourth-order valence-electron chi connectivity index (χ4n) is 0.909. The summed E-state index contributed by atoms with van der Waals surface area (Å²) in [6, 6.07) is 0. The molecule has 0 bridgehead atoms. The Balaban J connectivity index is 2.87. The fraction of sp³-hybridized carbons (Fsp3) is 0.167. The Hall–Kier alpha value is -0.970. The first-order valence-corrected chi connectivity index (χ1v) is 3.90. The molecule has 0 spiro atoms. The van der Waals surface area contributed by atoms with Gasteiger partial charge in [0.1, 0.15) is 11.0 Å². The third-order valence-electron chi connectivity index (χ3n) is 1.44. The van der Waals surface area contributed by atoms with E-state index in [0.717, 1.165) is 16.7 Å². The summed E-state index contributed by atoms with van der Waals surface area (Å²) in [7, 11) is 0. The number of rotatable bonds is 0. The predicted octanol–water partition coefficient (Wildman–Crippen LogP) is 1.42. The molecule has 0 aliphatic rings. The first-order valence-electron chi connectivity index (χ1n) is 3.10. The van der Waals surface area contributed by atoms with Gasteiger partial charge >= 0.3 is 0 Å². The van der Waals surface area contributed by atoms with Crippen LogP contribution in [0.25, 0.3) is 11.0 Å². The minimum Gasteiger partial charge on any atom is -0.280 e. The lowest BCUT2D eigenvalue weighted by atomic mass is 10.4. The number of aryl methyl sites for hydroxylation is 1. The van der Waals surface area contributed by atoms with E-state index in [0.29, 0.717) is 4.73 Å². The second-order valence-corrected chi connectivity index (χ2v) is 2.93. The number of halogens is 1. The van der Waals surface area contributed by atoms with Crippen molar-refractivity contribution in [1.82, 2.24) is 20.2 Å². The molecule has 0 aliphatic heterocycles. The number of hydrogen-bond acceptors (Lipinski definition) is 3. The molecule has 0 atom stereocenters. The van der Waals surface area contributed by atoms with Gasteiger partial charge in [0.05, 0.1) is 11.9 Å². The van der Waals surface area contributed by atoms with E-state index in [2.05, 4.69) is 36.1 Å². The van der Waals surface area contributed by atoms with Gasteiger partial charge in [0.25, 0.3) is 0 Å². The highest BCUT2D eigenvalue weighted by atomic mass is 79.9. The first-order chi connectivity index (χ1) is 5.27. The third-order valence-corrected chi connectivity index (χ3v) is 1.82. The number of nitrogens with one attached hydrogen (secondary N) is 1. The highest BCUT2D eigenvalue weighted by Gasteiger charge is 2.02. The maximum absolute atomic E-state index is 4.15. The van der Waals surface area contributed by atoms with Crippen molar-refractivity contribution >= 4 is 27.0 Å². The van der Waals surface area contributed by atoms with Crippen LogP contribution >= 0.6 is 15.9 Å². The monoisotopic (exact) mass is 212 g/mol. The zero-order valence-electron chi connectivity index (χ0n) is 5.80. The van der Waals surface area contributed by atoms with Gasteiger partial charge in [0.2, 0.25) is 0 Å². The number of aromatic amines is 1. The third kappa shape index (κ3) is 1.01. The molecule has 2 heterocycles. The summed E-state index contributed by atoms with van der Waals surface area (Å²) in [6.45, 7) is 1.93.